The molecule has 3 atom stereocenters. The zero-order valence-electron chi connectivity index (χ0n) is 11.0. The van der Waals surface area contributed by atoms with Crippen LogP contribution in [0.1, 0.15) is 58.3 Å². The number of amides is 1. The van der Waals surface area contributed by atoms with E-state index in [1.807, 2.05) is 0 Å². The highest BCUT2D eigenvalue weighted by Crippen LogP contribution is 2.28. The van der Waals surface area contributed by atoms with E-state index in [4.69, 9.17) is 5.73 Å². The molecule has 0 aliphatic heterocycles. The lowest BCUT2D eigenvalue weighted by Gasteiger charge is -2.29. The van der Waals surface area contributed by atoms with E-state index >= 15 is 0 Å². The molecule has 0 aromatic rings. The van der Waals surface area contributed by atoms with Crippen LogP contribution in [0.25, 0.3) is 0 Å². The zero-order valence-corrected chi connectivity index (χ0v) is 11.0. The van der Waals surface area contributed by atoms with Gasteiger partial charge in [-0.3, -0.25) is 4.79 Å². The Balaban J connectivity index is 1.80. The lowest BCUT2D eigenvalue weighted by atomic mass is 9.84. The van der Waals surface area contributed by atoms with Crippen molar-refractivity contribution in [3.05, 3.63) is 0 Å². The van der Waals surface area contributed by atoms with Crippen molar-refractivity contribution in [2.75, 3.05) is 0 Å². The van der Waals surface area contributed by atoms with Crippen molar-refractivity contribution < 1.29 is 4.79 Å². The summed E-state index contributed by atoms with van der Waals surface area (Å²) in [5.74, 6) is 0.958. The van der Waals surface area contributed by atoms with Gasteiger partial charge in [0.05, 0.1) is 5.92 Å². The number of hydrogen-bond donors (Lipinski definition) is 2. The predicted molar refractivity (Wildman–Crippen MR) is 69.5 cm³/mol. The molecule has 3 N–H and O–H groups in total. The number of rotatable bonds is 3. The average molecular weight is 238 g/mol. The molecule has 2 saturated carbocycles. The fourth-order valence-corrected chi connectivity index (χ4v) is 3.40. The quantitative estimate of drug-likeness (QED) is 0.792. The van der Waals surface area contributed by atoms with Gasteiger partial charge in [0.15, 0.2) is 0 Å². The van der Waals surface area contributed by atoms with Crippen LogP contribution in [0.5, 0.6) is 0 Å². The van der Waals surface area contributed by atoms with Gasteiger partial charge in [-0.1, -0.05) is 25.7 Å². The number of carbonyl (C=O) groups is 1. The van der Waals surface area contributed by atoms with Crippen LogP contribution in [-0.2, 0) is 4.79 Å². The molecule has 0 radical (unpaired) electrons. The Morgan fingerprint density at radius 2 is 1.82 bits per heavy atom. The van der Waals surface area contributed by atoms with Gasteiger partial charge >= 0.3 is 0 Å². The van der Waals surface area contributed by atoms with Gasteiger partial charge in [0.25, 0.3) is 0 Å². The largest absolute Gasteiger partial charge is 0.353 e. The highest BCUT2D eigenvalue weighted by atomic mass is 16.2. The second kappa shape index (κ2) is 5.85. The van der Waals surface area contributed by atoms with Gasteiger partial charge in [0.1, 0.15) is 0 Å². The molecule has 2 aliphatic carbocycles. The molecule has 3 heteroatoms. The number of hydrogen-bond acceptors (Lipinski definition) is 2. The molecule has 2 fully saturated rings. The van der Waals surface area contributed by atoms with Gasteiger partial charge in [-0.15, -0.1) is 0 Å². The second-order valence-electron chi connectivity index (χ2n) is 5.90. The van der Waals surface area contributed by atoms with Crippen LogP contribution in [0.3, 0.4) is 0 Å². The van der Waals surface area contributed by atoms with Crippen molar-refractivity contribution in [1.82, 2.24) is 5.32 Å². The Morgan fingerprint density at radius 1 is 1.12 bits per heavy atom. The van der Waals surface area contributed by atoms with Gasteiger partial charge in [-0.25, -0.2) is 0 Å². The minimum atomic E-state index is 0.0704. The Morgan fingerprint density at radius 3 is 2.41 bits per heavy atom. The predicted octanol–water partition coefficient (Wildman–Crippen LogP) is 2.20. The molecule has 3 unspecified atom stereocenters. The molecule has 2 aliphatic rings. The third-order valence-corrected chi connectivity index (χ3v) is 4.63. The monoisotopic (exact) mass is 238 g/mol. The van der Waals surface area contributed by atoms with Gasteiger partial charge in [0, 0.05) is 12.1 Å². The summed E-state index contributed by atoms with van der Waals surface area (Å²) in [4.78, 5) is 12.1. The second-order valence-corrected chi connectivity index (χ2v) is 5.90. The smallest absolute Gasteiger partial charge is 0.224 e. The van der Waals surface area contributed by atoms with Gasteiger partial charge < -0.3 is 11.1 Å². The lowest BCUT2D eigenvalue weighted by Crippen LogP contribution is -2.45. The summed E-state index contributed by atoms with van der Waals surface area (Å²) in [5, 5.41) is 3.20. The van der Waals surface area contributed by atoms with Gasteiger partial charge in [0.2, 0.25) is 5.91 Å². The highest BCUT2D eigenvalue weighted by Gasteiger charge is 2.32. The summed E-state index contributed by atoms with van der Waals surface area (Å²) in [6.45, 7) is 2.16. The number of carbonyl (C=O) groups excluding carboxylic acids is 1. The van der Waals surface area contributed by atoms with Crippen molar-refractivity contribution in [1.29, 1.82) is 0 Å². The minimum Gasteiger partial charge on any atom is -0.353 e. The molecule has 1 amide bonds. The normalized spacial score (nSPS) is 32.4. The van der Waals surface area contributed by atoms with E-state index in [1.54, 1.807) is 0 Å². The van der Waals surface area contributed by atoms with Crippen LogP contribution in [0, 0.1) is 11.8 Å². The molecular formula is C14H26N2O. The maximum Gasteiger partial charge on any atom is 0.224 e. The van der Waals surface area contributed by atoms with Crippen LogP contribution < -0.4 is 11.1 Å². The van der Waals surface area contributed by atoms with E-state index in [1.165, 1.54) is 32.1 Å². The van der Waals surface area contributed by atoms with Crippen LogP contribution in [0.2, 0.25) is 0 Å². The van der Waals surface area contributed by atoms with Crippen LogP contribution in [0.4, 0.5) is 0 Å². The Labute approximate surface area is 105 Å². The zero-order chi connectivity index (χ0) is 12.3. The Kier molecular flexibility index (Phi) is 4.43. The lowest BCUT2D eigenvalue weighted by molar-refractivity contribution is -0.126. The SMILES string of the molecule is CC(NC(=O)C1CCCC1N)C1CCCCC1. The van der Waals surface area contributed by atoms with Crippen molar-refractivity contribution in [2.45, 2.75) is 70.4 Å². The van der Waals surface area contributed by atoms with Crippen LogP contribution in [-0.4, -0.2) is 18.0 Å². The average Bonchev–Trinajstić information content (AvgIpc) is 2.76. The van der Waals surface area contributed by atoms with Crippen LogP contribution in [0.15, 0.2) is 0 Å². The highest BCUT2D eigenvalue weighted by molar-refractivity contribution is 5.80. The molecule has 3 nitrogen and oxygen atoms in total. The molecule has 17 heavy (non-hydrogen) atoms. The van der Waals surface area contributed by atoms with E-state index in [0.29, 0.717) is 12.0 Å². The van der Waals surface area contributed by atoms with Gasteiger partial charge in [-0.2, -0.15) is 0 Å². The fourth-order valence-electron chi connectivity index (χ4n) is 3.40. The molecule has 0 heterocycles. The molecule has 0 aromatic carbocycles. The van der Waals surface area contributed by atoms with Crippen molar-refractivity contribution in [2.24, 2.45) is 17.6 Å². The fraction of sp³-hybridized carbons (Fsp3) is 0.929. The summed E-state index contributed by atoms with van der Waals surface area (Å²) in [6, 6.07) is 0.421. The minimum absolute atomic E-state index is 0.0704. The topological polar surface area (TPSA) is 55.1 Å². The van der Waals surface area contributed by atoms with E-state index in [-0.39, 0.29) is 17.9 Å². The molecule has 0 bridgehead atoms. The van der Waals surface area contributed by atoms with Crippen molar-refractivity contribution >= 4 is 5.91 Å². The van der Waals surface area contributed by atoms with Gasteiger partial charge in [-0.05, 0) is 38.5 Å². The van der Waals surface area contributed by atoms with Crippen molar-refractivity contribution in [3.63, 3.8) is 0 Å². The first-order valence-electron chi connectivity index (χ1n) is 7.24. The van der Waals surface area contributed by atoms with E-state index in [0.717, 1.165) is 19.3 Å². The van der Waals surface area contributed by atoms with E-state index in [9.17, 15) is 4.79 Å². The van der Waals surface area contributed by atoms with E-state index < -0.39 is 0 Å². The number of nitrogens with two attached hydrogens (primary N) is 1. The molecule has 0 saturated heterocycles. The third-order valence-electron chi connectivity index (χ3n) is 4.63. The van der Waals surface area contributed by atoms with Crippen LogP contribution >= 0.6 is 0 Å². The summed E-state index contributed by atoms with van der Waals surface area (Å²) in [5.41, 5.74) is 5.97. The first-order valence-corrected chi connectivity index (χ1v) is 7.24. The van der Waals surface area contributed by atoms with Crippen molar-refractivity contribution in [3.8, 4) is 0 Å². The summed E-state index contributed by atoms with van der Waals surface area (Å²) in [6.07, 6.45) is 9.67. The first-order chi connectivity index (χ1) is 8.18. The molecule has 98 valence electrons. The number of nitrogens with one attached hydrogen (secondary N) is 1. The Hall–Kier alpha value is -0.570. The standard InChI is InChI=1S/C14H26N2O/c1-10(11-6-3-2-4-7-11)16-14(17)12-8-5-9-13(12)15/h10-13H,2-9,15H2,1H3,(H,16,17). The third kappa shape index (κ3) is 3.21. The summed E-state index contributed by atoms with van der Waals surface area (Å²) < 4.78 is 0. The maximum absolute atomic E-state index is 12.1. The summed E-state index contributed by atoms with van der Waals surface area (Å²) >= 11 is 0. The molecule has 0 spiro atoms. The summed E-state index contributed by atoms with van der Waals surface area (Å²) in [7, 11) is 0. The maximum atomic E-state index is 12.1. The molecular weight excluding hydrogens is 212 g/mol. The molecule has 0 aromatic heterocycles. The molecule has 2 rings (SSSR count). The first kappa shape index (κ1) is 12.9. The van der Waals surface area contributed by atoms with E-state index in [2.05, 4.69) is 12.2 Å². The Bertz CT molecular complexity index is 261.